The van der Waals surface area contributed by atoms with Gasteiger partial charge in [0, 0.05) is 19.1 Å². The third-order valence-corrected chi connectivity index (χ3v) is 3.69. The number of amides is 1. The number of nitrogens with one attached hydrogen (secondary N) is 1. The normalized spacial score (nSPS) is 26.7. The van der Waals surface area contributed by atoms with Gasteiger partial charge in [-0.25, -0.2) is 0 Å². The molecule has 5 heteroatoms. The van der Waals surface area contributed by atoms with Crippen LogP contribution in [0, 0.1) is 5.92 Å². The van der Waals surface area contributed by atoms with E-state index in [0.29, 0.717) is 12.5 Å². The van der Waals surface area contributed by atoms with Gasteiger partial charge in [0.05, 0.1) is 12.1 Å². The van der Waals surface area contributed by atoms with E-state index in [1.807, 2.05) is 6.26 Å². The summed E-state index contributed by atoms with van der Waals surface area (Å²) in [6.45, 7) is 3.55. The van der Waals surface area contributed by atoms with Gasteiger partial charge in [-0.15, -0.1) is 0 Å². The predicted octanol–water partition coefficient (Wildman–Crippen LogP) is 0.608. The zero-order chi connectivity index (χ0) is 12.0. The Bertz CT molecular complexity index is 226. The topological polar surface area (TPSA) is 64.4 Å². The van der Waals surface area contributed by atoms with Crippen LogP contribution in [0.5, 0.6) is 0 Å². The molecule has 0 aromatic heterocycles. The highest BCUT2D eigenvalue weighted by molar-refractivity contribution is 7.98. The van der Waals surface area contributed by atoms with Crippen LogP contribution in [0.25, 0.3) is 0 Å². The Morgan fingerprint density at radius 1 is 1.69 bits per heavy atom. The van der Waals surface area contributed by atoms with Gasteiger partial charge < -0.3 is 15.8 Å². The Morgan fingerprint density at radius 3 is 3.00 bits per heavy atom. The minimum absolute atomic E-state index is 0.0341. The lowest BCUT2D eigenvalue weighted by Gasteiger charge is -2.17. The standard InChI is InChI=1S/C11H22N2O2S/c1-8-9(3-5-15-8)7-13-11(14)10(12)4-6-16-2/h8-10H,3-7,12H2,1-2H3,(H,13,14)/t8?,9?,10-/m0/s1. The van der Waals surface area contributed by atoms with E-state index in [9.17, 15) is 4.79 Å². The first-order chi connectivity index (χ1) is 7.65. The first-order valence-corrected chi connectivity index (χ1v) is 7.18. The van der Waals surface area contributed by atoms with Gasteiger partial charge in [0.25, 0.3) is 0 Å². The van der Waals surface area contributed by atoms with Crippen LogP contribution in [-0.2, 0) is 9.53 Å². The summed E-state index contributed by atoms with van der Waals surface area (Å²) < 4.78 is 5.44. The van der Waals surface area contributed by atoms with Gasteiger partial charge in [0.15, 0.2) is 0 Å². The second-order valence-corrected chi connectivity index (χ2v) is 5.24. The summed E-state index contributed by atoms with van der Waals surface area (Å²) in [7, 11) is 0. The molecule has 0 aromatic carbocycles. The van der Waals surface area contributed by atoms with E-state index in [-0.39, 0.29) is 18.1 Å². The Hall–Kier alpha value is -0.260. The van der Waals surface area contributed by atoms with Crippen molar-refractivity contribution in [3.05, 3.63) is 0 Å². The molecule has 0 radical (unpaired) electrons. The van der Waals surface area contributed by atoms with Gasteiger partial charge in [-0.3, -0.25) is 4.79 Å². The lowest BCUT2D eigenvalue weighted by Crippen LogP contribution is -2.43. The van der Waals surface area contributed by atoms with Crippen LogP contribution in [0.3, 0.4) is 0 Å². The summed E-state index contributed by atoms with van der Waals surface area (Å²) in [5, 5.41) is 2.91. The van der Waals surface area contributed by atoms with Crippen molar-refractivity contribution in [2.24, 2.45) is 11.7 Å². The molecule has 1 amide bonds. The SMILES string of the molecule is CSCC[C@H](N)C(=O)NCC1CCOC1C. The summed E-state index contributed by atoms with van der Waals surface area (Å²) in [5.74, 6) is 1.34. The summed E-state index contributed by atoms with van der Waals surface area (Å²) in [6, 6.07) is -0.370. The van der Waals surface area contributed by atoms with E-state index in [1.165, 1.54) is 0 Å². The molecule has 4 nitrogen and oxygen atoms in total. The number of thioether (sulfide) groups is 1. The van der Waals surface area contributed by atoms with Crippen molar-refractivity contribution >= 4 is 17.7 Å². The Labute approximate surface area is 102 Å². The van der Waals surface area contributed by atoms with Crippen LogP contribution in [-0.4, -0.2) is 43.2 Å². The molecular formula is C11H22N2O2S. The average Bonchev–Trinajstić information content (AvgIpc) is 2.68. The van der Waals surface area contributed by atoms with E-state index >= 15 is 0 Å². The highest BCUT2D eigenvalue weighted by atomic mass is 32.2. The predicted molar refractivity (Wildman–Crippen MR) is 67.5 cm³/mol. The maximum atomic E-state index is 11.6. The van der Waals surface area contributed by atoms with Gasteiger partial charge in [-0.05, 0) is 31.8 Å². The van der Waals surface area contributed by atoms with Crippen LogP contribution >= 0.6 is 11.8 Å². The Kier molecular flexibility index (Phi) is 6.16. The fourth-order valence-electron chi connectivity index (χ4n) is 1.78. The number of ether oxygens (including phenoxy) is 1. The molecule has 2 unspecified atom stereocenters. The van der Waals surface area contributed by atoms with Crippen molar-refractivity contribution in [3.63, 3.8) is 0 Å². The maximum Gasteiger partial charge on any atom is 0.236 e. The molecule has 0 spiro atoms. The van der Waals surface area contributed by atoms with Gasteiger partial charge in [0.1, 0.15) is 0 Å². The molecular weight excluding hydrogens is 224 g/mol. The highest BCUT2D eigenvalue weighted by Gasteiger charge is 2.25. The largest absolute Gasteiger partial charge is 0.378 e. The zero-order valence-electron chi connectivity index (χ0n) is 10.1. The van der Waals surface area contributed by atoms with Gasteiger partial charge in [0.2, 0.25) is 5.91 Å². The Balaban J connectivity index is 2.18. The highest BCUT2D eigenvalue weighted by Crippen LogP contribution is 2.19. The molecule has 3 atom stereocenters. The van der Waals surface area contributed by atoms with Gasteiger partial charge in [-0.2, -0.15) is 11.8 Å². The monoisotopic (exact) mass is 246 g/mol. The van der Waals surface area contributed by atoms with Crippen molar-refractivity contribution in [1.29, 1.82) is 0 Å². The molecule has 1 aliphatic rings. The van der Waals surface area contributed by atoms with Crippen LogP contribution in [0.2, 0.25) is 0 Å². The van der Waals surface area contributed by atoms with Crippen molar-refractivity contribution in [3.8, 4) is 0 Å². The van der Waals surface area contributed by atoms with Gasteiger partial charge >= 0.3 is 0 Å². The fraction of sp³-hybridized carbons (Fsp3) is 0.909. The first-order valence-electron chi connectivity index (χ1n) is 5.79. The first kappa shape index (κ1) is 13.8. The van der Waals surface area contributed by atoms with Crippen LogP contribution in [0.4, 0.5) is 0 Å². The third-order valence-electron chi connectivity index (χ3n) is 3.04. The summed E-state index contributed by atoms with van der Waals surface area (Å²) in [6.07, 6.45) is 4.04. The summed E-state index contributed by atoms with van der Waals surface area (Å²) >= 11 is 1.71. The molecule has 16 heavy (non-hydrogen) atoms. The molecule has 1 fully saturated rings. The lowest BCUT2D eigenvalue weighted by molar-refractivity contribution is -0.122. The lowest BCUT2D eigenvalue weighted by atomic mass is 10.0. The molecule has 1 aliphatic heterocycles. The molecule has 0 aliphatic carbocycles. The fourth-order valence-corrected chi connectivity index (χ4v) is 2.27. The van der Waals surface area contributed by atoms with E-state index in [4.69, 9.17) is 10.5 Å². The molecule has 0 saturated carbocycles. The van der Waals surface area contributed by atoms with Crippen LogP contribution in [0.15, 0.2) is 0 Å². The van der Waals surface area contributed by atoms with Crippen molar-refractivity contribution in [1.82, 2.24) is 5.32 Å². The van der Waals surface area contributed by atoms with Crippen LogP contribution < -0.4 is 11.1 Å². The average molecular weight is 246 g/mol. The molecule has 1 rings (SSSR count). The van der Waals surface area contributed by atoms with Crippen LogP contribution in [0.1, 0.15) is 19.8 Å². The van der Waals surface area contributed by atoms with E-state index in [0.717, 1.165) is 25.2 Å². The number of nitrogens with two attached hydrogens (primary N) is 1. The van der Waals surface area contributed by atoms with Crippen molar-refractivity contribution < 1.29 is 9.53 Å². The Morgan fingerprint density at radius 2 is 2.44 bits per heavy atom. The molecule has 0 aromatic rings. The second-order valence-electron chi connectivity index (χ2n) is 4.26. The van der Waals surface area contributed by atoms with Crippen molar-refractivity contribution in [2.45, 2.75) is 31.9 Å². The minimum atomic E-state index is -0.370. The summed E-state index contributed by atoms with van der Waals surface area (Å²) in [4.78, 5) is 11.6. The maximum absolute atomic E-state index is 11.6. The van der Waals surface area contributed by atoms with E-state index < -0.39 is 0 Å². The molecule has 94 valence electrons. The minimum Gasteiger partial charge on any atom is -0.378 e. The number of hydrogen-bond donors (Lipinski definition) is 2. The van der Waals surface area contributed by atoms with E-state index in [1.54, 1.807) is 11.8 Å². The molecule has 3 N–H and O–H groups in total. The number of hydrogen-bond acceptors (Lipinski definition) is 4. The van der Waals surface area contributed by atoms with E-state index in [2.05, 4.69) is 12.2 Å². The number of carbonyl (C=O) groups is 1. The molecule has 1 heterocycles. The molecule has 1 saturated heterocycles. The second kappa shape index (κ2) is 7.14. The van der Waals surface area contributed by atoms with Gasteiger partial charge in [-0.1, -0.05) is 0 Å². The molecule has 0 bridgehead atoms. The smallest absolute Gasteiger partial charge is 0.236 e. The third kappa shape index (κ3) is 4.31. The number of carbonyl (C=O) groups excluding carboxylic acids is 1. The number of rotatable bonds is 6. The summed E-state index contributed by atoms with van der Waals surface area (Å²) in [5.41, 5.74) is 5.77. The quantitative estimate of drug-likeness (QED) is 0.720. The zero-order valence-corrected chi connectivity index (χ0v) is 10.9. The van der Waals surface area contributed by atoms with Crippen molar-refractivity contribution in [2.75, 3.05) is 25.2 Å².